The Morgan fingerprint density at radius 3 is 2.35 bits per heavy atom. The zero-order valence-corrected chi connectivity index (χ0v) is 15.8. The first-order chi connectivity index (χ1) is 12.4. The van der Waals surface area contributed by atoms with Crippen LogP contribution in [0.25, 0.3) is 0 Å². The van der Waals surface area contributed by atoms with Gasteiger partial charge in [-0.15, -0.1) is 0 Å². The van der Waals surface area contributed by atoms with Crippen LogP contribution in [0.3, 0.4) is 0 Å². The van der Waals surface area contributed by atoms with Crippen molar-refractivity contribution in [3.8, 4) is 0 Å². The van der Waals surface area contributed by atoms with Crippen molar-refractivity contribution in [3.63, 3.8) is 0 Å². The van der Waals surface area contributed by atoms with Gasteiger partial charge in [-0.1, -0.05) is 35.4 Å². The van der Waals surface area contributed by atoms with Crippen molar-refractivity contribution >= 4 is 29.1 Å². The summed E-state index contributed by atoms with van der Waals surface area (Å²) in [7, 11) is 0. The number of hydrogen-bond acceptors (Lipinski definition) is 2. The van der Waals surface area contributed by atoms with Crippen LogP contribution in [-0.2, 0) is 4.79 Å². The molecule has 0 saturated carbocycles. The SMILES string of the molecule is Cc1ccc(C(=O)N2CCC(C(=O)Nc3cc(Cl)ccc3C)CC2)cc1. The molecule has 0 unspecified atom stereocenters. The molecule has 1 N–H and O–H groups in total. The highest BCUT2D eigenvalue weighted by atomic mass is 35.5. The highest BCUT2D eigenvalue weighted by Crippen LogP contribution is 2.24. The second-order valence-electron chi connectivity index (χ2n) is 6.88. The van der Waals surface area contributed by atoms with Crippen molar-refractivity contribution in [1.82, 2.24) is 4.90 Å². The zero-order chi connectivity index (χ0) is 18.7. The summed E-state index contributed by atoms with van der Waals surface area (Å²) in [5.41, 5.74) is 3.57. The maximum Gasteiger partial charge on any atom is 0.253 e. The van der Waals surface area contributed by atoms with E-state index in [1.807, 2.05) is 55.1 Å². The van der Waals surface area contributed by atoms with Gasteiger partial charge in [-0.05, 0) is 56.5 Å². The van der Waals surface area contributed by atoms with Crippen LogP contribution in [0.1, 0.15) is 34.3 Å². The number of hydrogen-bond donors (Lipinski definition) is 1. The van der Waals surface area contributed by atoms with Gasteiger partial charge in [-0.3, -0.25) is 9.59 Å². The van der Waals surface area contributed by atoms with Crippen LogP contribution in [0.2, 0.25) is 5.02 Å². The molecule has 136 valence electrons. The van der Waals surface area contributed by atoms with Gasteiger partial charge in [0.1, 0.15) is 0 Å². The second kappa shape index (κ2) is 7.92. The quantitative estimate of drug-likeness (QED) is 0.867. The number of rotatable bonds is 3. The molecule has 26 heavy (non-hydrogen) atoms. The fourth-order valence-electron chi connectivity index (χ4n) is 3.19. The summed E-state index contributed by atoms with van der Waals surface area (Å²) in [4.78, 5) is 27.0. The lowest BCUT2D eigenvalue weighted by atomic mass is 9.95. The highest BCUT2D eigenvalue weighted by molar-refractivity contribution is 6.31. The smallest absolute Gasteiger partial charge is 0.253 e. The molecule has 0 spiro atoms. The number of anilines is 1. The fraction of sp³-hybridized carbons (Fsp3) is 0.333. The van der Waals surface area contributed by atoms with Crippen LogP contribution in [0, 0.1) is 19.8 Å². The molecule has 1 aliphatic heterocycles. The van der Waals surface area contributed by atoms with Gasteiger partial charge >= 0.3 is 0 Å². The number of halogens is 1. The first kappa shape index (κ1) is 18.5. The monoisotopic (exact) mass is 370 g/mol. The molecule has 0 atom stereocenters. The first-order valence-electron chi connectivity index (χ1n) is 8.87. The molecule has 2 amide bonds. The maximum atomic E-state index is 12.6. The summed E-state index contributed by atoms with van der Waals surface area (Å²) in [6.07, 6.45) is 1.34. The van der Waals surface area contributed by atoms with Gasteiger partial charge in [0.2, 0.25) is 5.91 Å². The van der Waals surface area contributed by atoms with Crippen LogP contribution in [-0.4, -0.2) is 29.8 Å². The van der Waals surface area contributed by atoms with Gasteiger partial charge in [0, 0.05) is 35.3 Å². The average molecular weight is 371 g/mol. The lowest BCUT2D eigenvalue weighted by molar-refractivity contribution is -0.121. The van der Waals surface area contributed by atoms with Gasteiger partial charge in [0.25, 0.3) is 5.91 Å². The number of carbonyl (C=O) groups excluding carboxylic acids is 2. The predicted molar refractivity (Wildman–Crippen MR) is 105 cm³/mol. The molecule has 0 radical (unpaired) electrons. The molecule has 5 heteroatoms. The third kappa shape index (κ3) is 4.25. The molecule has 1 saturated heterocycles. The summed E-state index contributed by atoms with van der Waals surface area (Å²) >= 11 is 6.01. The van der Waals surface area contributed by atoms with Crippen LogP contribution in [0.4, 0.5) is 5.69 Å². The average Bonchev–Trinajstić information content (AvgIpc) is 2.65. The Morgan fingerprint density at radius 2 is 1.69 bits per heavy atom. The van der Waals surface area contributed by atoms with Crippen molar-refractivity contribution in [2.45, 2.75) is 26.7 Å². The fourth-order valence-corrected chi connectivity index (χ4v) is 3.36. The van der Waals surface area contributed by atoms with E-state index in [-0.39, 0.29) is 17.7 Å². The number of likely N-dealkylation sites (tertiary alicyclic amines) is 1. The van der Waals surface area contributed by atoms with Gasteiger partial charge in [-0.25, -0.2) is 0 Å². The molecule has 1 aliphatic rings. The number of piperidine rings is 1. The van der Waals surface area contributed by atoms with Crippen molar-refractivity contribution in [2.24, 2.45) is 5.92 Å². The molecule has 0 aromatic heterocycles. The topological polar surface area (TPSA) is 49.4 Å². The molecule has 1 fully saturated rings. The maximum absolute atomic E-state index is 12.6. The van der Waals surface area contributed by atoms with Crippen LogP contribution in [0.15, 0.2) is 42.5 Å². The molecule has 0 aliphatic carbocycles. The zero-order valence-electron chi connectivity index (χ0n) is 15.1. The van der Waals surface area contributed by atoms with Gasteiger partial charge < -0.3 is 10.2 Å². The second-order valence-corrected chi connectivity index (χ2v) is 7.32. The van der Waals surface area contributed by atoms with Crippen molar-refractivity contribution < 1.29 is 9.59 Å². The normalized spacial score (nSPS) is 15.0. The van der Waals surface area contributed by atoms with E-state index in [1.165, 1.54) is 0 Å². The van der Waals surface area contributed by atoms with Gasteiger partial charge in [0.15, 0.2) is 0 Å². The van der Waals surface area contributed by atoms with E-state index < -0.39 is 0 Å². The van der Waals surface area contributed by atoms with Crippen LogP contribution < -0.4 is 5.32 Å². The number of nitrogens with one attached hydrogen (secondary N) is 1. The Bertz CT molecular complexity index is 809. The lowest BCUT2D eigenvalue weighted by Gasteiger charge is -2.31. The van der Waals surface area contributed by atoms with E-state index in [9.17, 15) is 9.59 Å². The van der Waals surface area contributed by atoms with Gasteiger partial charge in [-0.2, -0.15) is 0 Å². The molecule has 3 rings (SSSR count). The number of carbonyl (C=O) groups is 2. The summed E-state index contributed by atoms with van der Waals surface area (Å²) in [6.45, 7) is 5.13. The molecule has 0 bridgehead atoms. The number of aryl methyl sites for hydroxylation is 2. The predicted octanol–water partition coefficient (Wildman–Crippen LogP) is 4.45. The van der Waals surface area contributed by atoms with E-state index in [1.54, 1.807) is 6.07 Å². The summed E-state index contributed by atoms with van der Waals surface area (Å²) in [5.74, 6) is -0.0530. The van der Waals surface area contributed by atoms with Crippen LogP contribution in [0.5, 0.6) is 0 Å². The Hall–Kier alpha value is -2.33. The molecule has 1 heterocycles. The summed E-state index contributed by atoms with van der Waals surface area (Å²) < 4.78 is 0. The summed E-state index contributed by atoms with van der Waals surface area (Å²) in [5, 5.41) is 3.58. The Labute approximate surface area is 159 Å². The molecule has 4 nitrogen and oxygen atoms in total. The Kier molecular flexibility index (Phi) is 5.62. The standard InChI is InChI=1S/C21H23ClN2O2/c1-14-3-6-17(7-4-14)21(26)24-11-9-16(10-12-24)20(25)23-19-13-18(22)8-5-15(19)2/h3-8,13,16H,9-12H2,1-2H3,(H,23,25). The van der Waals surface area contributed by atoms with E-state index in [0.717, 1.165) is 16.8 Å². The van der Waals surface area contributed by atoms with Crippen molar-refractivity contribution in [2.75, 3.05) is 18.4 Å². The Morgan fingerprint density at radius 1 is 1.04 bits per heavy atom. The molecular weight excluding hydrogens is 348 g/mol. The third-order valence-electron chi connectivity index (χ3n) is 4.91. The third-order valence-corrected chi connectivity index (χ3v) is 5.14. The molecule has 2 aromatic rings. The Balaban J connectivity index is 1.57. The minimum Gasteiger partial charge on any atom is -0.339 e. The highest BCUT2D eigenvalue weighted by Gasteiger charge is 2.28. The summed E-state index contributed by atoms with van der Waals surface area (Å²) in [6, 6.07) is 13.1. The number of benzene rings is 2. The minimum absolute atomic E-state index is 0.00204. The molecule has 2 aromatic carbocycles. The minimum atomic E-state index is -0.0875. The molecular formula is C21H23ClN2O2. The van der Waals surface area contributed by atoms with Gasteiger partial charge in [0.05, 0.1) is 0 Å². The van der Waals surface area contributed by atoms with Crippen molar-refractivity contribution in [1.29, 1.82) is 0 Å². The van der Waals surface area contributed by atoms with Crippen molar-refractivity contribution in [3.05, 3.63) is 64.2 Å². The number of amides is 2. The van der Waals surface area contributed by atoms with E-state index >= 15 is 0 Å². The van der Waals surface area contributed by atoms with Crippen LogP contribution >= 0.6 is 11.6 Å². The largest absolute Gasteiger partial charge is 0.339 e. The van der Waals surface area contributed by atoms with E-state index in [2.05, 4.69) is 5.32 Å². The lowest BCUT2D eigenvalue weighted by Crippen LogP contribution is -2.41. The van der Waals surface area contributed by atoms with E-state index in [4.69, 9.17) is 11.6 Å². The first-order valence-corrected chi connectivity index (χ1v) is 9.25. The van der Waals surface area contributed by atoms with E-state index in [0.29, 0.717) is 36.5 Å². The number of nitrogens with zero attached hydrogens (tertiary/aromatic N) is 1.